The van der Waals surface area contributed by atoms with Gasteiger partial charge in [0.05, 0.1) is 11.6 Å². The molecule has 0 fully saturated rings. The third kappa shape index (κ3) is 0.570. The van der Waals surface area contributed by atoms with Crippen molar-refractivity contribution in [2.45, 2.75) is 0 Å². The van der Waals surface area contributed by atoms with Crippen LogP contribution < -0.4 is 15.4 Å². The van der Waals surface area contributed by atoms with E-state index in [2.05, 4.69) is 10.1 Å². The molecule has 0 N–H and O–H groups in total. The number of benzene rings is 1. The Morgan fingerprint density at radius 3 is 3.27 bits per heavy atom. The number of oxime groups is 1. The van der Waals surface area contributed by atoms with Gasteiger partial charge in [-0.15, -0.1) is 0 Å². The molecule has 2 heterocycles. The summed E-state index contributed by atoms with van der Waals surface area (Å²) in [6.45, 7) is 0. The lowest BCUT2D eigenvalue weighted by atomic mass is 10.2. The van der Waals surface area contributed by atoms with E-state index >= 15 is 0 Å². The number of fused-ring (bicyclic) bond motifs is 3. The molecule has 1 aromatic carbocycles. The van der Waals surface area contributed by atoms with Gasteiger partial charge >= 0.3 is 0 Å². The van der Waals surface area contributed by atoms with Crippen molar-refractivity contribution < 1.29 is 4.84 Å². The fourth-order valence-electron chi connectivity index (χ4n) is 1.18. The molecule has 0 aromatic heterocycles. The lowest BCUT2D eigenvalue weighted by Gasteiger charge is -1.99. The van der Waals surface area contributed by atoms with E-state index in [1.165, 1.54) is 0 Å². The van der Waals surface area contributed by atoms with E-state index in [-0.39, 0.29) is 0 Å². The minimum Gasteiger partial charge on any atom is -0.354 e. The molecule has 52 valence electrons. The van der Waals surface area contributed by atoms with Crippen molar-refractivity contribution in [3.63, 3.8) is 0 Å². The van der Waals surface area contributed by atoms with Gasteiger partial charge in [0, 0.05) is 5.22 Å². The van der Waals surface area contributed by atoms with E-state index in [0.29, 0.717) is 0 Å². The molecule has 0 bridgehead atoms. The van der Waals surface area contributed by atoms with Gasteiger partial charge in [-0.2, -0.15) is 0 Å². The van der Waals surface area contributed by atoms with Crippen LogP contribution in [0.5, 0.6) is 5.75 Å². The Kier molecular flexibility index (Phi) is 0.692. The maximum atomic E-state index is 5.05. The van der Waals surface area contributed by atoms with Crippen LogP contribution in [-0.4, -0.2) is 6.21 Å². The van der Waals surface area contributed by atoms with Crippen LogP contribution in [-0.2, 0) is 0 Å². The molecule has 0 amide bonds. The van der Waals surface area contributed by atoms with E-state index in [1.54, 1.807) is 6.21 Å². The zero-order valence-corrected chi connectivity index (χ0v) is 5.61. The second-order valence-electron chi connectivity index (χ2n) is 2.48. The Labute approximate surface area is 62.3 Å². The molecule has 0 unspecified atom stereocenters. The Bertz CT molecular complexity index is 474. The van der Waals surface area contributed by atoms with Crippen LogP contribution >= 0.6 is 0 Å². The Morgan fingerprint density at radius 1 is 1.27 bits per heavy atom. The predicted molar refractivity (Wildman–Crippen MR) is 40.5 cm³/mol. The molecular weight excluding hydrogens is 140 g/mol. The van der Waals surface area contributed by atoms with Crippen molar-refractivity contribution in [3.8, 4) is 5.75 Å². The molecule has 3 rings (SSSR count). The largest absolute Gasteiger partial charge is 0.354 e. The Morgan fingerprint density at radius 2 is 2.27 bits per heavy atom. The lowest BCUT2D eigenvalue weighted by molar-refractivity contribution is 0.342. The molecule has 1 aromatic rings. The summed E-state index contributed by atoms with van der Waals surface area (Å²) in [6, 6.07) is 3.96. The van der Waals surface area contributed by atoms with E-state index in [0.717, 1.165) is 22.0 Å². The van der Waals surface area contributed by atoms with Crippen molar-refractivity contribution in [2.24, 2.45) is 10.1 Å². The van der Waals surface area contributed by atoms with Crippen LogP contribution in [0.2, 0.25) is 0 Å². The van der Waals surface area contributed by atoms with Crippen molar-refractivity contribution in [2.75, 3.05) is 0 Å². The fourth-order valence-corrected chi connectivity index (χ4v) is 1.18. The first-order valence-corrected chi connectivity index (χ1v) is 3.37. The molecular formula is C8H4N2O. The summed E-state index contributed by atoms with van der Waals surface area (Å²) >= 11 is 0. The van der Waals surface area contributed by atoms with E-state index < -0.39 is 0 Å². The first kappa shape index (κ1) is 5.07. The monoisotopic (exact) mass is 144 g/mol. The Hall–Kier alpha value is -1.64. The second-order valence-corrected chi connectivity index (χ2v) is 2.48. The smallest absolute Gasteiger partial charge is 0.193 e. The maximum Gasteiger partial charge on any atom is 0.193 e. The van der Waals surface area contributed by atoms with Crippen molar-refractivity contribution in [1.82, 2.24) is 0 Å². The van der Waals surface area contributed by atoms with Gasteiger partial charge in [-0.25, -0.2) is 4.99 Å². The van der Waals surface area contributed by atoms with Gasteiger partial charge in [0.15, 0.2) is 5.75 Å². The standard InChI is InChI=1S/C8H4N2O/c1-2-6-7(10-6)8-5(1)3-4-9-11-8/h1-4H. The van der Waals surface area contributed by atoms with Crippen LogP contribution in [0.4, 0.5) is 5.69 Å². The van der Waals surface area contributed by atoms with Crippen molar-refractivity contribution >= 4 is 18.0 Å². The van der Waals surface area contributed by atoms with Crippen LogP contribution in [0, 0.1) is 0 Å². The quantitative estimate of drug-likeness (QED) is 0.516. The minimum atomic E-state index is 0.796. The van der Waals surface area contributed by atoms with Gasteiger partial charge in [0.1, 0.15) is 5.69 Å². The molecule has 0 saturated heterocycles. The SMILES string of the molecule is C1=NOc2c3c(ccc2=C1)=N3. The Balaban J connectivity index is 2.45. The summed E-state index contributed by atoms with van der Waals surface area (Å²) in [6.07, 6.45) is 3.55. The molecule has 3 nitrogen and oxygen atoms in total. The molecule has 2 aliphatic heterocycles. The zero-order valence-electron chi connectivity index (χ0n) is 5.61. The molecule has 0 saturated carbocycles. The second kappa shape index (κ2) is 1.50. The summed E-state index contributed by atoms with van der Waals surface area (Å²) in [7, 11) is 0. The minimum absolute atomic E-state index is 0.796. The van der Waals surface area contributed by atoms with Gasteiger partial charge < -0.3 is 4.84 Å². The molecule has 0 spiro atoms. The summed E-state index contributed by atoms with van der Waals surface area (Å²) < 4.78 is 0. The molecule has 0 radical (unpaired) electrons. The first-order valence-electron chi connectivity index (χ1n) is 3.37. The van der Waals surface area contributed by atoms with E-state index in [1.807, 2.05) is 18.2 Å². The number of rotatable bonds is 0. The van der Waals surface area contributed by atoms with Gasteiger partial charge in [-0.05, 0) is 18.2 Å². The summed E-state index contributed by atoms with van der Waals surface area (Å²) in [4.78, 5) is 9.16. The van der Waals surface area contributed by atoms with Crippen LogP contribution in [0.3, 0.4) is 0 Å². The third-order valence-electron chi connectivity index (χ3n) is 1.78. The fraction of sp³-hybridized carbons (Fsp3) is 0. The number of hydrogen-bond donors (Lipinski definition) is 0. The zero-order chi connectivity index (χ0) is 7.26. The summed E-state index contributed by atoms with van der Waals surface area (Å²) in [5.41, 5.74) is 0.954. The molecule has 3 heteroatoms. The maximum absolute atomic E-state index is 5.05. The van der Waals surface area contributed by atoms with Gasteiger partial charge in [-0.3, -0.25) is 0 Å². The molecule has 0 aliphatic carbocycles. The lowest BCUT2D eigenvalue weighted by Crippen LogP contribution is -2.09. The van der Waals surface area contributed by atoms with Crippen LogP contribution in [0.15, 0.2) is 22.3 Å². The van der Waals surface area contributed by atoms with E-state index in [9.17, 15) is 0 Å². The third-order valence-corrected chi connectivity index (χ3v) is 1.78. The van der Waals surface area contributed by atoms with Gasteiger partial charge in [0.2, 0.25) is 0 Å². The highest BCUT2D eigenvalue weighted by molar-refractivity contribution is 5.92. The predicted octanol–water partition coefficient (Wildman–Crippen LogP) is 0.110. The van der Waals surface area contributed by atoms with Crippen LogP contribution in [0.1, 0.15) is 0 Å². The average Bonchev–Trinajstić information content (AvgIpc) is 2.83. The van der Waals surface area contributed by atoms with Gasteiger partial charge in [-0.1, -0.05) is 5.16 Å². The van der Waals surface area contributed by atoms with Crippen molar-refractivity contribution in [1.29, 1.82) is 0 Å². The highest BCUT2D eigenvalue weighted by Gasteiger charge is 2.17. The highest BCUT2D eigenvalue weighted by atomic mass is 16.6. The van der Waals surface area contributed by atoms with Crippen LogP contribution in [0.25, 0.3) is 6.08 Å². The van der Waals surface area contributed by atoms with Crippen molar-refractivity contribution in [3.05, 3.63) is 22.7 Å². The number of hydrogen-bond acceptors (Lipinski definition) is 3. The first-order chi connectivity index (χ1) is 5.45. The molecule has 0 atom stereocenters. The molecule has 11 heavy (non-hydrogen) atoms. The average molecular weight is 144 g/mol. The summed E-state index contributed by atoms with van der Waals surface area (Å²) in [5.74, 6) is 0.796. The summed E-state index contributed by atoms with van der Waals surface area (Å²) in [5, 5.41) is 5.75. The highest BCUT2D eigenvalue weighted by Crippen LogP contribution is 2.26. The molecule has 2 aliphatic rings. The normalized spacial score (nSPS) is 15.3. The van der Waals surface area contributed by atoms with Gasteiger partial charge in [0.25, 0.3) is 0 Å². The topological polar surface area (TPSA) is 34.0 Å². The van der Waals surface area contributed by atoms with E-state index in [4.69, 9.17) is 4.84 Å². The number of nitrogens with zero attached hydrogens (tertiary/aromatic N) is 2.